The highest BCUT2D eigenvalue weighted by Gasteiger charge is 2.08. The van der Waals surface area contributed by atoms with E-state index in [1.165, 1.54) is 0 Å². The lowest BCUT2D eigenvalue weighted by Gasteiger charge is -2.00. The molecule has 6 nitrogen and oxygen atoms in total. The molecule has 0 saturated carbocycles. The zero-order valence-electron chi connectivity index (χ0n) is 13.2. The number of nitrogens with one attached hydrogen (secondary N) is 1. The van der Waals surface area contributed by atoms with Crippen molar-refractivity contribution in [2.24, 2.45) is 0 Å². The van der Waals surface area contributed by atoms with Crippen molar-refractivity contribution in [3.05, 3.63) is 60.2 Å². The van der Waals surface area contributed by atoms with Crippen LogP contribution in [0.25, 0.3) is 11.1 Å². The Hall–Kier alpha value is -3.59. The van der Waals surface area contributed by atoms with Crippen LogP contribution in [0.2, 0.25) is 0 Å². The number of benzene rings is 2. The molecule has 6 heteroatoms. The van der Waals surface area contributed by atoms with Gasteiger partial charge in [-0.2, -0.15) is 4.98 Å². The number of amides is 1. The first-order chi connectivity index (χ1) is 12.2. The van der Waals surface area contributed by atoms with Crippen molar-refractivity contribution in [3.63, 3.8) is 0 Å². The van der Waals surface area contributed by atoms with Gasteiger partial charge in [-0.1, -0.05) is 42.5 Å². The number of ketones is 1. The maximum Gasteiger partial charge on any atom is 0.395 e. The average molecular weight is 334 g/mol. The summed E-state index contributed by atoms with van der Waals surface area (Å²) < 4.78 is 10.5. The van der Waals surface area contributed by atoms with Gasteiger partial charge in [0.1, 0.15) is 5.52 Å². The smallest absolute Gasteiger partial charge is 0.395 e. The van der Waals surface area contributed by atoms with Crippen LogP contribution in [-0.2, 0) is 16.1 Å². The van der Waals surface area contributed by atoms with Crippen molar-refractivity contribution >= 4 is 22.8 Å². The Bertz CT molecular complexity index is 918. The molecule has 0 bridgehead atoms. The third kappa shape index (κ3) is 4.69. The second-order valence-electron chi connectivity index (χ2n) is 5.08. The Morgan fingerprint density at radius 1 is 1.04 bits per heavy atom. The number of carbonyl (C=O) groups excluding carboxylic acids is 2. The Labute approximate surface area is 143 Å². The summed E-state index contributed by atoms with van der Waals surface area (Å²) in [5.74, 6) is 3.39. The van der Waals surface area contributed by atoms with Crippen molar-refractivity contribution in [1.82, 2.24) is 10.3 Å². The zero-order valence-corrected chi connectivity index (χ0v) is 13.2. The minimum Gasteiger partial charge on any atom is -0.441 e. The lowest BCUT2D eigenvalue weighted by Crippen LogP contribution is -2.21. The van der Waals surface area contributed by atoms with E-state index in [0.717, 1.165) is 5.56 Å². The predicted octanol–water partition coefficient (Wildman–Crippen LogP) is 2.10. The van der Waals surface area contributed by atoms with Crippen molar-refractivity contribution in [1.29, 1.82) is 0 Å². The van der Waals surface area contributed by atoms with E-state index in [1.54, 1.807) is 12.1 Å². The van der Waals surface area contributed by atoms with E-state index in [4.69, 9.17) is 9.15 Å². The minimum absolute atomic E-state index is 0.00937. The molecule has 3 rings (SSSR count). The Balaban J connectivity index is 1.47. The monoisotopic (exact) mass is 334 g/mol. The Kier molecular flexibility index (Phi) is 5.07. The highest BCUT2D eigenvalue weighted by molar-refractivity contribution is 6.04. The van der Waals surface area contributed by atoms with Crippen molar-refractivity contribution in [3.8, 4) is 17.9 Å². The molecular formula is C19H14N2O4. The van der Waals surface area contributed by atoms with Gasteiger partial charge in [-0.15, -0.1) is 0 Å². The van der Waals surface area contributed by atoms with E-state index >= 15 is 0 Å². The number of nitrogens with zero attached hydrogens (tertiary/aromatic N) is 1. The van der Waals surface area contributed by atoms with Gasteiger partial charge in [0.05, 0.1) is 0 Å². The summed E-state index contributed by atoms with van der Waals surface area (Å²) >= 11 is 0. The van der Waals surface area contributed by atoms with Crippen molar-refractivity contribution in [2.75, 3.05) is 6.61 Å². The number of carbonyl (C=O) groups is 2. The highest BCUT2D eigenvalue weighted by Crippen LogP contribution is 2.19. The first-order valence-corrected chi connectivity index (χ1v) is 7.56. The van der Waals surface area contributed by atoms with Gasteiger partial charge in [-0.25, -0.2) is 0 Å². The standard InChI is InChI=1S/C19H14N2O4/c22-15(10-11-18(23)20-12-14-6-2-1-3-7-14)13-24-19-21-16-8-4-5-9-17(16)25-19/h1-9H,12-13H2,(H,20,23). The number of aromatic nitrogens is 1. The first-order valence-electron chi connectivity index (χ1n) is 7.56. The third-order valence-corrected chi connectivity index (χ3v) is 3.21. The van der Waals surface area contributed by atoms with E-state index < -0.39 is 11.7 Å². The largest absolute Gasteiger partial charge is 0.441 e. The predicted molar refractivity (Wildman–Crippen MR) is 90.6 cm³/mol. The van der Waals surface area contributed by atoms with Crippen molar-refractivity contribution < 1.29 is 18.7 Å². The van der Waals surface area contributed by atoms with Gasteiger partial charge < -0.3 is 14.5 Å². The lowest BCUT2D eigenvalue weighted by molar-refractivity contribution is -0.117. The number of rotatable bonds is 5. The quantitative estimate of drug-likeness (QED) is 0.571. The lowest BCUT2D eigenvalue weighted by atomic mass is 10.2. The molecule has 0 aliphatic carbocycles. The zero-order chi connectivity index (χ0) is 17.5. The van der Waals surface area contributed by atoms with Crippen LogP contribution in [0.15, 0.2) is 59.0 Å². The van der Waals surface area contributed by atoms with E-state index in [9.17, 15) is 9.59 Å². The van der Waals surface area contributed by atoms with Crippen LogP contribution in [0.4, 0.5) is 0 Å². The second kappa shape index (κ2) is 7.79. The number of fused-ring (bicyclic) bond motifs is 1. The number of ether oxygens (including phenoxy) is 1. The normalized spacial score (nSPS) is 9.92. The second-order valence-corrected chi connectivity index (χ2v) is 5.08. The molecule has 3 aromatic rings. The van der Waals surface area contributed by atoms with Crippen molar-refractivity contribution in [2.45, 2.75) is 6.54 Å². The highest BCUT2D eigenvalue weighted by atomic mass is 16.6. The number of hydrogen-bond acceptors (Lipinski definition) is 5. The maximum absolute atomic E-state index is 11.7. The molecule has 0 aliphatic rings. The van der Waals surface area contributed by atoms with Crippen LogP contribution in [-0.4, -0.2) is 23.3 Å². The molecule has 124 valence electrons. The molecule has 25 heavy (non-hydrogen) atoms. The van der Waals surface area contributed by atoms with E-state index in [0.29, 0.717) is 17.6 Å². The minimum atomic E-state index is -0.544. The molecule has 0 radical (unpaired) electrons. The van der Waals surface area contributed by atoms with Gasteiger partial charge in [0.2, 0.25) is 5.78 Å². The summed E-state index contributed by atoms with van der Waals surface area (Å²) in [7, 11) is 0. The Morgan fingerprint density at radius 3 is 2.60 bits per heavy atom. The summed E-state index contributed by atoms with van der Waals surface area (Å²) in [6.45, 7) is 0.00767. The average Bonchev–Trinajstić information content (AvgIpc) is 3.07. The van der Waals surface area contributed by atoms with Gasteiger partial charge >= 0.3 is 6.08 Å². The molecule has 2 aromatic carbocycles. The van der Waals surface area contributed by atoms with E-state index in [1.807, 2.05) is 42.5 Å². The van der Waals surface area contributed by atoms with Gasteiger partial charge in [0.15, 0.2) is 12.2 Å². The fraction of sp³-hybridized carbons (Fsp3) is 0.105. The first kappa shape index (κ1) is 16.3. The topological polar surface area (TPSA) is 81.4 Å². The molecule has 1 amide bonds. The number of Topliss-reactive ketones (excluding diaryl/α,β-unsaturated/α-hetero) is 1. The van der Waals surface area contributed by atoms with Crippen LogP contribution < -0.4 is 10.1 Å². The number of oxazole rings is 1. The molecular weight excluding hydrogens is 320 g/mol. The molecule has 1 heterocycles. The van der Waals surface area contributed by atoms with Gasteiger partial charge in [0, 0.05) is 12.5 Å². The van der Waals surface area contributed by atoms with Gasteiger partial charge in [-0.05, 0) is 23.6 Å². The van der Waals surface area contributed by atoms with Crippen LogP contribution in [0.3, 0.4) is 0 Å². The fourth-order valence-corrected chi connectivity index (χ4v) is 2.03. The summed E-state index contributed by atoms with van der Waals surface area (Å²) in [5.41, 5.74) is 2.15. The summed E-state index contributed by atoms with van der Waals surface area (Å²) in [6.07, 6.45) is -0.00937. The molecule has 0 saturated heterocycles. The maximum atomic E-state index is 11.7. The van der Waals surface area contributed by atoms with E-state index in [2.05, 4.69) is 22.1 Å². The fourth-order valence-electron chi connectivity index (χ4n) is 2.03. The van der Waals surface area contributed by atoms with Crippen LogP contribution in [0.5, 0.6) is 6.08 Å². The SMILES string of the molecule is O=C(C#CC(=O)NCc1ccccc1)COc1nc2ccccc2o1. The molecule has 0 fully saturated rings. The number of hydrogen-bond donors (Lipinski definition) is 1. The molecule has 1 aromatic heterocycles. The number of para-hydroxylation sites is 2. The molecule has 0 unspecified atom stereocenters. The summed E-state index contributed by atoms with van der Waals surface area (Å²) in [5, 5.41) is 2.61. The molecule has 1 N–H and O–H groups in total. The van der Waals surface area contributed by atoms with Crippen LogP contribution in [0.1, 0.15) is 5.56 Å². The summed E-state index contributed by atoms with van der Waals surface area (Å²) in [4.78, 5) is 27.3. The third-order valence-electron chi connectivity index (χ3n) is 3.21. The van der Waals surface area contributed by atoms with Gasteiger partial charge in [-0.3, -0.25) is 9.59 Å². The molecule has 0 atom stereocenters. The molecule has 0 spiro atoms. The Morgan fingerprint density at radius 2 is 1.80 bits per heavy atom. The van der Waals surface area contributed by atoms with Crippen LogP contribution >= 0.6 is 0 Å². The molecule has 0 aliphatic heterocycles. The van der Waals surface area contributed by atoms with E-state index in [-0.39, 0.29) is 12.7 Å². The summed E-state index contributed by atoms with van der Waals surface area (Å²) in [6, 6.07) is 16.5. The van der Waals surface area contributed by atoms with Gasteiger partial charge in [0.25, 0.3) is 5.91 Å². The van der Waals surface area contributed by atoms with Crippen LogP contribution in [0, 0.1) is 11.8 Å².